The molecule has 0 heterocycles. The van der Waals surface area contributed by atoms with Gasteiger partial charge in [0, 0.05) is 13.1 Å². The highest BCUT2D eigenvalue weighted by Gasteiger charge is 1.85. The zero-order valence-corrected chi connectivity index (χ0v) is 6.90. The number of carbonyl (C=O) groups is 1. The number of rotatable bonds is 3. The maximum Gasteiger partial charge on any atom is 0.312 e. The van der Waals surface area contributed by atoms with E-state index < -0.39 is 6.03 Å². The van der Waals surface area contributed by atoms with Crippen LogP contribution in [0.3, 0.4) is 0 Å². The summed E-state index contributed by atoms with van der Waals surface area (Å²) in [5.74, 6) is 0. The third kappa shape index (κ3) is 15.7. The van der Waals surface area contributed by atoms with Gasteiger partial charge in [-0.05, 0) is 7.05 Å². The number of carbonyl (C=O) groups excluding carboxylic acids is 1. The molecule has 0 bridgehead atoms. The molecule has 4 N–H and O–H groups in total. The lowest BCUT2D eigenvalue weighted by Gasteiger charge is -1.97. The van der Waals surface area contributed by atoms with E-state index in [1.807, 2.05) is 20.9 Å². The largest absolute Gasteiger partial charge is 0.352 e. The lowest BCUT2D eigenvalue weighted by molar-refractivity contribution is 0.249. The number of likely N-dealkylation sites (N-methyl/N-ethyl adjacent to an activating group) is 1. The Morgan fingerprint density at radius 1 is 1.40 bits per heavy atom. The van der Waals surface area contributed by atoms with Gasteiger partial charge in [-0.1, -0.05) is 13.8 Å². The summed E-state index contributed by atoms with van der Waals surface area (Å²) in [4.78, 5) is 9.96. The Labute approximate surface area is 62.2 Å². The predicted molar refractivity (Wildman–Crippen MR) is 42.9 cm³/mol. The normalized spacial score (nSPS) is 7.50. The van der Waals surface area contributed by atoms with Gasteiger partial charge in [-0.25, -0.2) is 4.79 Å². The van der Waals surface area contributed by atoms with Crippen molar-refractivity contribution in [3.8, 4) is 0 Å². The zero-order chi connectivity index (χ0) is 8.41. The van der Waals surface area contributed by atoms with Crippen LogP contribution in [0, 0.1) is 0 Å². The lowest BCUT2D eigenvalue weighted by atomic mass is 10.6. The summed E-state index contributed by atoms with van der Waals surface area (Å²) in [6, 6.07) is -0.472. The summed E-state index contributed by atoms with van der Waals surface area (Å²) < 4.78 is 0. The molecule has 0 saturated carbocycles. The maximum absolute atomic E-state index is 9.96. The molecule has 0 fully saturated rings. The van der Waals surface area contributed by atoms with Gasteiger partial charge in [-0.15, -0.1) is 0 Å². The number of primary amides is 1. The predicted octanol–water partition coefficient (Wildman–Crippen LogP) is -0.0997. The summed E-state index contributed by atoms with van der Waals surface area (Å²) in [5.41, 5.74) is 4.76. The van der Waals surface area contributed by atoms with Crippen LogP contribution < -0.4 is 16.4 Å². The molecule has 0 aromatic rings. The lowest BCUT2D eigenvalue weighted by Crippen LogP contribution is -2.34. The third-order valence-electron chi connectivity index (χ3n) is 0.674. The molecule has 4 heteroatoms. The van der Waals surface area contributed by atoms with Gasteiger partial charge >= 0.3 is 6.03 Å². The molecular weight excluding hydrogens is 130 g/mol. The van der Waals surface area contributed by atoms with Gasteiger partial charge in [0.2, 0.25) is 0 Å². The topological polar surface area (TPSA) is 67.2 Å². The maximum atomic E-state index is 9.96. The Hall–Kier alpha value is -0.770. The van der Waals surface area contributed by atoms with E-state index in [4.69, 9.17) is 5.73 Å². The molecule has 0 aliphatic carbocycles. The first-order chi connectivity index (χ1) is 4.77. The van der Waals surface area contributed by atoms with E-state index >= 15 is 0 Å². The number of nitrogens with one attached hydrogen (secondary N) is 2. The SMILES string of the molecule is CC.CNCCNC(N)=O. The second-order valence-corrected chi connectivity index (χ2v) is 1.39. The summed E-state index contributed by atoms with van der Waals surface area (Å²) >= 11 is 0. The fraction of sp³-hybridized carbons (Fsp3) is 0.833. The van der Waals surface area contributed by atoms with Crippen molar-refractivity contribution >= 4 is 6.03 Å². The standard InChI is InChI=1S/C4H11N3O.C2H6/c1-6-2-3-7-4(5)8;1-2/h6H,2-3H2,1H3,(H3,5,7,8);1-2H3. The van der Waals surface area contributed by atoms with E-state index in [1.54, 1.807) is 0 Å². The van der Waals surface area contributed by atoms with Crippen LogP contribution in [0.4, 0.5) is 4.79 Å². The van der Waals surface area contributed by atoms with Gasteiger partial charge in [0.05, 0.1) is 0 Å². The summed E-state index contributed by atoms with van der Waals surface area (Å²) in [7, 11) is 1.81. The molecule has 4 nitrogen and oxygen atoms in total. The first-order valence-corrected chi connectivity index (χ1v) is 3.45. The van der Waals surface area contributed by atoms with Gasteiger partial charge in [-0.2, -0.15) is 0 Å². The molecule has 0 atom stereocenters. The van der Waals surface area contributed by atoms with Crippen molar-refractivity contribution in [3.63, 3.8) is 0 Å². The fourth-order valence-corrected chi connectivity index (χ4v) is 0.311. The molecule has 0 aliphatic heterocycles. The van der Waals surface area contributed by atoms with Crippen LogP contribution in [0.25, 0.3) is 0 Å². The Bertz CT molecular complexity index is 75.4. The van der Waals surface area contributed by atoms with E-state index in [0.29, 0.717) is 6.54 Å². The van der Waals surface area contributed by atoms with E-state index in [0.717, 1.165) is 6.54 Å². The van der Waals surface area contributed by atoms with Crippen molar-refractivity contribution in [2.75, 3.05) is 20.1 Å². The third-order valence-corrected chi connectivity index (χ3v) is 0.674. The second-order valence-electron chi connectivity index (χ2n) is 1.39. The monoisotopic (exact) mass is 147 g/mol. The highest BCUT2D eigenvalue weighted by atomic mass is 16.2. The van der Waals surface area contributed by atoms with Crippen molar-refractivity contribution in [2.24, 2.45) is 5.73 Å². The molecule has 0 aliphatic rings. The number of hydrogen-bond donors (Lipinski definition) is 3. The first kappa shape index (κ1) is 12.0. The Balaban J connectivity index is 0. The van der Waals surface area contributed by atoms with Gasteiger partial charge in [-0.3, -0.25) is 0 Å². The van der Waals surface area contributed by atoms with Crippen molar-refractivity contribution in [2.45, 2.75) is 13.8 Å². The Morgan fingerprint density at radius 2 is 1.90 bits per heavy atom. The average Bonchev–Trinajstić information content (AvgIpc) is 1.92. The van der Waals surface area contributed by atoms with Crippen molar-refractivity contribution in [3.05, 3.63) is 0 Å². The molecule has 0 aromatic heterocycles. The first-order valence-electron chi connectivity index (χ1n) is 3.45. The molecule has 0 aromatic carbocycles. The van der Waals surface area contributed by atoms with E-state index in [1.165, 1.54) is 0 Å². The quantitative estimate of drug-likeness (QED) is 0.488. The van der Waals surface area contributed by atoms with Gasteiger partial charge < -0.3 is 16.4 Å². The summed E-state index contributed by atoms with van der Waals surface area (Å²) in [5, 5.41) is 5.28. The number of nitrogens with two attached hydrogens (primary N) is 1. The van der Waals surface area contributed by atoms with E-state index in [2.05, 4.69) is 10.6 Å². The molecule has 62 valence electrons. The Morgan fingerprint density at radius 3 is 2.20 bits per heavy atom. The molecule has 10 heavy (non-hydrogen) atoms. The minimum absolute atomic E-state index is 0.472. The molecule has 0 saturated heterocycles. The van der Waals surface area contributed by atoms with Crippen molar-refractivity contribution in [1.82, 2.24) is 10.6 Å². The number of urea groups is 1. The minimum Gasteiger partial charge on any atom is -0.352 e. The van der Waals surface area contributed by atoms with Crippen LogP contribution in [-0.4, -0.2) is 26.2 Å². The van der Waals surface area contributed by atoms with Crippen LogP contribution >= 0.6 is 0 Å². The highest BCUT2D eigenvalue weighted by Crippen LogP contribution is 1.53. The van der Waals surface area contributed by atoms with Gasteiger partial charge in [0.25, 0.3) is 0 Å². The highest BCUT2D eigenvalue weighted by molar-refractivity contribution is 5.71. The minimum atomic E-state index is -0.472. The van der Waals surface area contributed by atoms with Crippen LogP contribution in [0.5, 0.6) is 0 Å². The van der Waals surface area contributed by atoms with Crippen molar-refractivity contribution in [1.29, 1.82) is 0 Å². The average molecular weight is 147 g/mol. The summed E-state index contributed by atoms with van der Waals surface area (Å²) in [6.45, 7) is 5.34. The molecule has 0 spiro atoms. The Kier molecular flexibility index (Phi) is 13.3. The smallest absolute Gasteiger partial charge is 0.312 e. The number of amides is 2. The molecular formula is C6H17N3O. The molecule has 0 radical (unpaired) electrons. The fourth-order valence-electron chi connectivity index (χ4n) is 0.311. The zero-order valence-electron chi connectivity index (χ0n) is 6.90. The molecule has 0 unspecified atom stereocenters. The molecule has 2 amide bonds. The molecule has 0 rings (SSSR count). The van der Waals surface area contributed by atoms with Crippen LogP contribution in [0.15, 0.2) is 0 Å². The van der Waals surface area contributed by atoms with Crippen LogP contribution in [0.1, 0.15) is 13.8 Å². The van der Waals surface area contributed by atoms with Gasteiger partial charge in [0.1, 0.15) is 0 Å². The van der Waals surface area contributed by atoms with Crippen molar-refractivity contribution < 1.29 is 4.79 Å². The second kappa shape index (κ2) is 11.1. The van der Waals surface area contributed by atoms with E-state index in [9.17, 15) is 4.79 Å². The van der Waals surface area contributed by atoms with Gasteiger partial charge in [0.15, 0.2) is 0 Å². The van der Waals surface area contributed by atoms with Crippen LogP contribution in [0.2, 0.25) is 0 Å². The summed E-state index contributed by atoms with van der Waals surface area (Å²) in [6.07, 6.45) is 0. The van der Waals surface area contributed by atoms with E-state index in [-0.39, 0.29) is 0 Å². The number of hydrogen-bond acceptors (Lipinski definition) is 2. The van der Waals surface area contributed by atoms with Crippen LogP contribution in [-0.2, 0) is 0 Å².